The molecule has 1 N–H and O–H groups in total. The second-order valence-corrected chi connectivity index (χ2v) is 7.66. The van der Waals surface area contributed by atoms with Gasteiger partial charge in [0.05, 0.1) is 6.04 Å². The second kappa shape index (κ2) is 8.87. The fourth-order valence-corrected chi connectivity index (χ4v) is 4.43. The van der Waals surface area contributed by atoms with Gasteiger partial charge in [-0.2, -0.15) is 0 Å². The molecular weight excluding hydrogens is 350 g/mol. The standard InChI is InChI=1S/C20H28ClN3O2/c1-2-22-19(25)18(15-6-3-4-7-15)23-10-12-24(13-11-23)20(26)16-8-5-9-17(21)14-16/h5,8-9,14-15,18H,2-4,6-7,10-13H2,1H3,(H,22,25). The monoisotopic (exact) mass is 377 g/mol. The van der Waals surface area contributed by atoms with Crippen molar-refractivity contribution in [2.75, 3.05) is 32.7 Å². The van der Waals surface area contributed by atoms with E-state index in [-0.39, 0.29) is 17.9 Å². The van der Waals surface area contributed by atoms with Crippen LogP contribution >= 0.6 is 11.6 Å². The van der Waals surface area contributed by atoms with Crippen LogP contribution in [0.5, 0.6) is 0 Å². The molecule has 1 heterocycles. The van der Waals surface area contributed by atoms with Crippen LogP contribution in [-0.2, 0) is 4.79 Å². The molecule has 2 aliphatic rings. The van der Waals surface area contributed by atoms with Crippen molar-refractivity contribution in [2.45, 2.75) is 38.6 Å². The molecule has 0 radical (unpaired) electrons. The molecule has 26 heavy (non-hydrogen) atoms. The summed E-state index contributed by atoms with van der Waals surface area (Å²) in [4.78, 5) is 29.5. The topological polar surface area (TPSA) is 52.7 Å². The first-order chi connectivity index (χ1) is 12.6. The molecule has 2 amide bonds. The maximum Gasteiger partial charge on any atom is 0.253 e. The van der Waals surface area contributed by atoms with E-state index in [1.165, 1.54) is 12.8 Å². The van der Waals surface area contributed by atoms with Crippen molar-refractivity contribution in [1.29, 1.82) is 0 Å². The van der Waals surface area contributed by atoms with E-state index in [1.807, 2.05) is 11.8 Å². The number of nitrogens with one attached hydrogen (secondary N) is 1. The molecule has 142 valence electrons. The number of piperazine rings is 1. The third kappa shape index (κ3) is 4.38. The Bertz CT molecular complexity index is 638. The lowest BCUT2D eigenvalue weighted by atomic mass is 9.95. The van der Waals surface area contributed by atoms with Crippen LogP contribution in [0.2, 0.25) is 5.02 Å². The van der Waals surface area contributed by atoms with Gasteiger partial charge in [-0.1, -0.05) is 30.5 Å². The van der Waals surface area contributed by atoms with Crippen LogP contribution in [0.25, 0.3) is 0 Å². The summed E-state index contributed by atoms with van der Waals surface area (Å²) < 4.78 is 0. The smallest absolute Gasteiger partial charge is 0.253 e. The minimum absolute atomic E-state index is 0.0163. The molecule has 1 aliphatic carbocycles. The Hall–Kier alpha value is -1.59. The van der Waals surface area contributed by atoms with Gasteiger partial charge in [0.2, 0.25) is 5.91 Å². The van der Waals surface area contributed by atoms with Crippen molar-refractivity contribution in [3.8, 4) is 0 Å². The van der Waals surface area contributed by atoms with E-state index in [1.54, 1.807) is 24.3 Å². The highest BCUT2D eigenvalue weighted by Crippen LogP contribution is 2.31. The SMILES string of the molecule is CCNC(=O)C(C1CCCC1)N1CCN(C(=O)c2cccc(Cl)c2)CC1. The number of nitrogens with zero attached hydrogens (tertiary/aromatic N) is 2. The van der Waals surface area contributed by atoms with Crippen molar-refractivity contribution in [1.82, 2.24) is 15.1 Å². The summed E-state index contributed by atoms with van der Waals surface area (Å²) in [7, 11) is 0. The van der Waals surface area contributed by atoms with Gasteiger partial charge in [-0.15, -0.1) is 0 Å². The maximum atomic E-state index is 12.7. The fraction of sp³-hybridized carbons (Fsp3) is 0.600. The van der Waals surface area contributed by atoms with Crippen LogP contribution in [0, 0.1) is 5.92 Å². The highest BCUT2D eigenvalue weighted by Gasteiger charge is 2.37. The highest BCUT2D eigenvalue weighted by molar-refractivity contribution is 6.30. The molecule has 6 heteroatoms. The van der Waals surface area contributed by atoms with E-state index in [9.17, 15) is 9.59 Å². The zero-order valence-corrected chi connectivity index (χ0v) is 16.2. The van der Waals surface area contributed by atoms with E-state index >= 15 is 0 Å². The fourth-order valence-electron chi connectivity index (χ4n) is 4.24. The number of carbonyl (C=O) groups excluding carboxylic acids is 2. The first-order valence-electron chi connectivity index (χ1n) is 9.66. The Labute approximate surface area is 160 Å². The predicted molar refractivity (Wildman–Crippen MR) is 103 cm³/mol. The third-order valence-corrected chi connectivity index (χ3v) is 5.77. The number of rotatable bonds is 5. The van der Waals surface area contributed by atoms with E-state index in [2.05, 4.69) is 10.2 Å². The van der Waals surface area contributed by atoms with Gasteiger partial charge in [0, 0.05) is 43.3 Å². The number of halogens is 1. The van der Waals surface area contributed by atoms with Crippen molar-refractivity contribution in [2.24, 2.45) is 5.92 Å². The first-order valence-corrected chi connectivity index (χ1v) is 10.0. The molecule has 0 spiro atoms. The summed E-state index contributed by atoms with van der Waals surface area (Å²) in [5.41, 5.74) is 0.627. The lowest BCUT2D eigenvalue weighted by Gasteiger charge is -2.40. The molecule has 1 saturated carbocycles. The Balaban J connectivity index is 1.63. The molecule has 1 unspecified atom stereocenters. The zero-order chi connectivity index (χ0) is 18.5. The first kappa shape index (κ1) is 19.2. The van der Waals surface area contributed by atoms with E-state index in [0.717, 1.165) is 25.9 Å². The lowest BCUT2D eigenvalue weighted by molar-refractivity contribution is -0.129. The van der Waals surface area contributed by atoms with Crippen LogP contribution in [-0.4, -0.2) is 60.4 Å². The molecule has 0 aromatic heterocycles. The second-order valence-electron chi connectivity index (χ2n) is 7.22. The number of carbonyl (C=O) groups is 2. The Kier molecular flexibility index (Phi) is 6.54. The van der Waals surface area contributed by atoms with Crippen molar-refractivity contribution < 1.29 is 9.59 Å². The Morgan fingerprint density at radius 2 is 1.88 bits per heavy atom. The van der Waals surface area contributed by atoms with Gasteiger partial charge >= 0.3 is 0 Å². The molecule has 1 aromatic carbocycles. The van der Waals surface area contributed by atoms with Crippen LogP contribution in [0.1, 0.15) is 43.0 Å². The number of hydrogen-bond acceptors (Lipinski definition) is 3. The number of likely N-dealkylation sites (N-methyl/N-ethyl adjacent to an activating group) is 1. The van der Waals surface area contributed by atoms with Crippen LogP contribution < -0.4 is 5.32 Å². The van der Waals surface area contributed by atoms with Crippen molar-refractivity contribution >= 4 is 23.4 Å². The van der Waals surface area contributed by atoms with Crippen molar-refractivity contribution in [3.05, 3.63) is 34.9 Å². The summed E-state index contributed by atoms with van der Waals surface area (Å²) in [6, 6.07) is 7.04. The third-order valence-electron chi connectivity index (χ3n) is 5.53. The van der Waals surface area contributed by atoms with Gasteiger partial charge in [0.15, 0.2) is 0 Å². The minimum Gasteiger partial charge on any atom is -0.355 e. The highest BCUT2D eigenvalue weighted by atomic mass is 35.5. The van der Waals surface area contributed by atoms with Gasteiger partial charge in [-0.3, -0.25) is 14.5 Å². The number of benzene rings is 1. The summed E-state index contributed by atoms with van der Waals surface area (Å²) in [5.74, 6) is 0.605. The molecular formula is C20H28ClN3O2. The van der Waals surface area contributed by atoms with Crippen LogP contribution in [0.3, 0.4) is 0 Å². The molecule has 1 saturated heterocycles. The van der Waals surface area contributed by atoms with Gasteiger partial charge in [0.25, 0.3) is 5.91 Å². The largest absolute Gasteiger partial charge is 0.355 e. The number of hydrogen-bond donors (Lipinski definition) is 1. The normalized spacial score (nSPS) is 20.2. The van der Waals surface area contributed by atoms with Gasteiger partial charge in [-0.05, 0) is 43.9 Å². The average molecular weight is 378 g/mol. The zero-order valence-electron chi connectivity index (χ0n) is 15.4. The van der Waals surface area contributed by atoms with Gasteiger partial charge in [0.1, 0.15) is 0 Å². The summed E-state index contributed by atoms with van der Waals surface area (Å²) in [5, 5.41) is 3.59. The average Bonchev–Trinajstić information content (AvgIpc) is 3.16. The molecule has 1 aliphatic heterocycles. The van der Waals surface area contributed by atoms with Crippen LogP contribution in [0.15, 0.2) is 24.3 Å². The molecule has 2 fully saturated rings. The van der Waals surface area contributed by atoms with Crippen molar-refractivity contribution in [3.63, 3.8) is 0 Å². The van der Waals surface area contributed by atoms with E-state index in [4.69, 9.17) is 11.6 Å². The molecule has 1 aromatic rings. The molecule has 1 atom stereocenters. The summed E-state index contributed by atoms with van der Waals surface area (Å²) >= 11 is 6.01. The lowest BCUT2D eigenvalue weighted by Crippen LogP contribution is -2.58. The Morgan fingerprint density at radius 3 is 2.50 bits per heavy atom. The number of amides is 2. The van der Waals surface area contributed by atoms with E-state index < -0.39 is 0 Å². The minimum atomic E-state index is -0.0547. The molecule has 0 bridgehead atoms. The Morgan fingerprint density at radius 1 is 1.19 bits per heavy atom. The molecule has 5 nitrogen and oxygen atoms in total. The van der Waals surface area contributed by atoms with E-state index in [0.29, 0.717) is 36.1 Å². The van der Waals surface area contributed by atoms with Gasteiger partial charge in [-0.25, -0.2) is 0 Å². The molecule has 3 rings (SSSR count). The van der Waals surface area contributed by atoms with Crippen LogP contribution in [0.4, 0.5) is 0 Å². The predicted octanol–water partition coefficient (Wildman–Crippen LogP) is 2.79. The summed E-state index contributed by atoms with van der Waals surface area (Å²) in [6.07, 6.45) is 4.69. The maximum absolute atomic E-state index is 12.7. The van der Waals surface area contributed by atoms with Gasteiger partial charge < -0.3 is 10.2 Å². The summed E-state index contributed by atoms with van der Waals surface area (Å²) in [6.45, 7) is 5.40. The quantitative estimate of drug-likeness (QED) is 0.858.